The van der Waals surface area contributed by atoms with Gasteiger partial charge in [0.2, 0.25) is 0 Å². The number of aliphatic hydroxyl groups is 1. The lowest BCUT2D eigenvalue weighted by molar-refractivity contribution is -0.262. The minimum absolute atomic E-state index is 0.0966. The van der Waals surface area contributed by atoms with E-state index in [1.807, 2.05) is 19.1 Å². The quantitative estimate of drug-likeness (QED) is 0.206. The van der Waals surface area contributed by atoms with E-state index >= 15 is 0 Å². The molecule has 1 aromatic heterocycles. The molecule has 0 amide bonds. The first-order chi connectivity index (χ1) is 21.2. The number of rotatable bonds is 5. The number of hydrogen-bond donors (Lipinski definition) is 1. The number of hydrogen-bond acceptors (Lipinski definition) is 10. The summed E-state index contributed by atoms with van der Waals surface area (Å²) in [7, 11) is 0. The maximum Gasteiger partial charge on any atom is 0.333 e. The normalized spacial score (nSPS) is 43.9. The Morgan fingerprint density at radius 1 is 1.00 bits per heavy atom. The first kappa shape index (κ1) is 32.0. The van der Waals surface area contributed by atoms with E-state index in [1.165, 1.54) is 13.8 Å². The lowest BCUT2D eigenvalue weighted by Crippen LogP contribution is -2.72. The lowest BCUT2D eigenvalue weighted by Gasteiger charge is -2.66. The molecular weight excluding hydrogens is 580 g/mol. The average molecular weight is 627 g/mol. The zero-order valence-corrected chi connectivity index (χ0v) is 27.5. The Hall–Kier alpha value is -2.95. The molecule has 10 nitrogen and oxygen atoms in total. The van der Waals surface area contributed by atoms with E-state index in [0.717, 1.165) is 16.9 Å². The van der Waals surface area contributed by atoms with Crippen molar-refractivity contribution < 1.29 is 47.6 Å². The Morgan fingerprint density at radius 3 is 2.31 bits per heavy atom. The van der Waals surface area contributed by atoms with E-state index in [9.17, 15) is 19.5 Å². The van der Waals surface area contributed by atoms with Gasteiger partial charge in [-0.2, -0.15) is 0 Å². The van der Waals surface area contributed by atoms with Crippen LogP contribution in [0.2, 0.25) is 0 Å². The molecule has 6 rings (SSSR count). The Labute approximate surface area is 264 Å². The lowest BCUT2D eigenvalue weighted by atomic mass is 9.39. The molecule has 2 aliphatic heterocycles. The molecule has 2 saturated heterocycles. The Bertz CT molecular complexity index is 1430. The topological polar surface area (TPSA) is 131 Å². The van der Waals surface area contributed by atoms with Gasteiger partial charge in [0.05, 0.1) is 25.1 Å². The van der Waals surface area contributed by atoms with Gasteiger partial charge in [0.15, 0.2) is 6.29 Å². The van der Waals surface area contributed by atoms with Crippen LogP contribution in [-0.4, -0.2) is 66.4 Å². The second-order valence-electron chi connectivity index (χ2n) is 14.4. The van der Waals surface area contributed by atoms with Crippen molar-refractivity contribution in [3.63, 3.8) is 0 Å². The van der Waals surface area contributed by atoms with E-state index in [0.29, 0.717) is 12.0 Å². The van der Waals surface area contributed by atoms with Gasteiger partial charge in [0.25, 0.3) is 0 Å². The van der Waals surface area contributed by atoms with Gasteiger partial charge in [-0.05, 0) is 50.8 Å². The van der Waals surface area contributed by atoms with Crippen molar-refractivity contribution >= 4 is 17.9 Å². The number of esters is 3. The zero-order valence-electron chi connectivity index (χ0n) is 27.5. The molecule has 0 spiro atoms. The summed E-state index contributed by atoms with van der Waals surface area (Å²) in [4.78, 5) is 38.7. The van der Waals surface area contributed by atoms with Crippen molar-refractivity contribution in [1.29, 1.82) is 0 Å². The van der Waals surface area contributed by atoms with Gasteiger partial charge in [0, 0.05) is 60.3 Å². The molecule has 12 unspecified atom stereocenters. The van der Waals surface area contributed by atoms with Crippen molar-refractivity contribution in [2.45, 2.75) is 117 Å². The fourth-order valence-electron chi connectivity index (χ4n) is 10.2. The second-order valence-corrected chi connectivity index (χ2v) is 14.4. The number of carbonyl (C=O) groups is 3. The summed E-state index contributed by atoms with van der Waals surface area (Å²) in [5.41, 5.74) is 0.0982. The number of allylic oxidation sites excluding steroid dienone is 2. The number of fused-ring (bicyclic) bond motifs is 4. The van der Waals surface area contributed by atoms with Gasteiger partial charge in [-0.25, -0.2) is 4.79 Å². The third-order valence-electron chi connectivity index (χ3n) is 12.1. The summed E-state index contributed by atoms with van der Waals surface area (Å²) >= 11 is 0. The van der Waals surface area contributed by atoms with Crippen LogP contribution in [-0.2, 0) is 38.1 Å². The fraction of sp³-hybridized carbons (Fsp3) is 0.686. The van der Waals surface area contributed by atoms with Gasteiger partial charge in [-0.3, -0.25) is 9.59 Å². The van der Waals surface area contributed by atoms with Gasteiger partial charge < -0.3 is 33.2 Å². The molecule has 3 heterocycles. The molecule has 3 aliphatic carbocycles. The molecule has 1 N–H and O–H groups in total. The Balaban J connectivity index is 1.61. The van der Waals surface area contributed by atoms with Crippen molar-refractivity contribution in [3.8, 4) is 0 Å². The highest BCUT2D eigenvalue weighted by molar-refractivity contribution is 5.87. The smallest absolute Gasteiger partial charge is 0.333 e. The van der Waals surface area contributed by atoms with Gasteiger partial charge >= 0.3 is 17.9 Å². The van der Waals surface area contributed by atoms with E-state index < -0.39 is 71.0 Å². The van der Waals surface area contributed by atoms with E-state index in [1.54, 1.807) is 26.2 Å². The fourth-order valence-corrected chi connectivity index (χ4v) is 10.2. The van der Waals surface area contributed by atoms with Gasteiger partial charge in [-0.15, -0.1) is 0 Å². The molecule has 1 aromatic rings. The molecular formula is C35H46O10. The summed E-state index contributed by atoms with van der Waals surface area (Å²) in [6.45, 7) is 14.8. The molecule has 12 atom stereocenters. The van der Waals surface area contributed by atoms with Crippen LogP contribution in [0.25, 0.3) is 0 Å². The van der Waals surface area contributed by atoms with Crippen LogP contribution in [0.1, 0.15) is 86.3 Å². The molecule has 0 bridgehead atoms. The molecule has 45 heavy (non-hydrogen) atoms. The van der Waals surface area contributed by atoms with E-state index in [4.69, 9.17) is 28.1 Å². The first-order valence-corrected chi connectivity index (χ1v) is 16.1. The van der Waals surface area contributed by atoms with Crippen LogP contribution in [0.5, 0.6) is 0 Å². The number of aliphatic hydroxyl groups excluding tert-OH is 1. The highest BCUT2D eigenvalue weighted by Crippen LogP contribution is 2.72. The number of furan rings is 1. The van der Waals surface area contributed by atoms with Crippen LogP contribution in [0.4, 0.5) is 0 Å². The van der Waals surface area contributed by atoms with Crippen LogP contribution < -0.4 is 0 Å². The van der Waals surface area contributed by atoms with Gasteiger partial charge in [0.1, 0.15) is 24.1 Å². The summed E-state index contributed by atoms with van der Waals surface area (Å²) in [5, 5.41) is 11.5. The third-order valence-corrected chi connectivity index (χ3v) is 12.1. The van der Waals surface area contributed by atoms with E-state index in [-0.39, 0.29) is 37.2 Å². The molecule has 0 aromatic carbocycles. The summed E-state index contributed by atoms with van der Waals surface area (Å²) < 4.78 is 37.6. The highest BCUT2D eigenvalue weighted by Gasteiger charge is 2.77. The first-order valence-electron chi connectivity index (χ1n) is 16.1. The predicted molar refractivity (Wildman–Crippen MR) is 160 cm³/mol. The van der Waals surface area contributed by atoms with Crippen molar-refractivity contribution in [2.24, 2.45) is 28.1 Å². The summed E-state index contributed by atoms with van der Waals surface area (Å²) in [6.07, 6.45) is 0.164. The maximum absolute atomic E-state index is 13.7. The van der Waals surface area contributed by atoms with Crippen molar-refractivity contribution in [3.05, 3.63) is 47.0 Å². The highest BCUT2D eigenvalue weighted by atomic mass is 16.6. The molecule has 5 aliphatic rings. The SMILES string of the molecule is CC=C(C)C(=O)OC1C2OCC3(C)C(OC(C)=O)CC(OC(C)=O)C(C)(C23)C2CC(O)OC3CC(c4ccco4)C(C)=C3C12C. The molecule has 2 saturated carbocycles. The minimum atomic E-state index is -1.13. The third kappa shape index (κ3) is 4.65. The predicted octanol–water partition coefficient (Wildman–Crippen LogP) is 5.00. The maximum atomic E-state index is 13.7. The molecule has 0 radical (unpaired) electrons. The number of carbonyl (C=O) groups excluding carboxylic acids is 3. The minimum Gasteiger partial charge on any atom is -0.469 e. The largest absolute Gasteiger partial charge is 0.469 e. The molecule has 246 valence electrons. The van der Waals surface area contributed by atoms with E-state index in [2.05, 4.69) is 20.8 Å². The monoisotopic (exact) mass is 626 g/mol. The van der Waals surface area contributed by atoms with Crippen LogP contribution in [0.15, 0.2) is 45.6 Å². The van der Waals surface area contributed by atoms with Crippen LogP contribution in [0.3, 0.4) is 0 Å². The molecule has 10 heteroatoms. The summed E-state index contributed by atoms with van der Waals surface area (Å²) in [6, 6.07) is 3.80. The molecule has 4 fully saturated rings. The van der Waals surface area contributed by atoms with Crippen molar-refractivity contribution in [1.82, 2.24) is 0 Å². The Kier molecular flexibility index (Phi) is 7.89. The zero-order chi connectivity index (χ0) is 32.6. The van der Waals surface area contributed by atoms with Gasteiger partial charge in [-0.1, -0.05) is 32.4 Å². The standard InChI is InChI=1S/C35H46O10/c1-9-17(2)32(39)45-31-29-30-33(6,16-41-29)25(42-19(4)36)15-26(43-20(5)37)34(30,7)24-14-27(38)44-23-13-21(22-11-10-12-40-22)18(3)28(23)35(24,31)8/h9-12,21,23-27,29-31,38H,13-16H2,1-8H3. The van der Waals surface area contributed by atoms with Crippen molar-refractivity contribution in [2.75, 3.05) is 6.61 Å². The van der Waals surface area contributed by atoms with Crippen LogP contribution in [0, 0.1) is 28.1 Å². The second kappa shape index (κ2) is 11.1. The average Bonchev–Trinajstić information content (AvgIpc) is 3.68. The summed E-state index contributed by atoms with van der Waals surface area (Å²) in [5.74, 6) is -1.37. The Morgan fingerprint density at radius 2 is 1.69 bits per heavy atom. The van der Waals surface area contributed by atoms with Crippen LogP contribution >= 0.6 is 0 Å². The number of ether oxygens (including phenoxy) is 5.